The molecule has 1 saturated heterocycles. The van der Waals surface area contributed by atoms with E-state index >= 15 is 0 Å². The van der Waals surface area contributed by atoms with E-state index in [2.05, 4.69) is 5.16 Å². The number of ether oxygens (including phenoxy) is 1. The van der Waals surface area contributed by atoms with Crippen molar-refractivity contribution >= 4 is 5.91 Å². The molecule has 0 saturated carbocycles. The number of halogens is 1. The molecule has 122 valence electrons. The second-order valence-electron chi connectivity index (χ2n) is 5.62. The van der Waals surface area contributed by atoms with Gasteiger partial charge in [0.25, 0.3) is 0 Å². The van der Waals surface area contributed by atoms with Crippen LogP contribution < -0.4 is 0 Å². The average Bonchev–Trinajstić information content (AvgIpc) is 3.05. The lowest BCUT2D eigenvalue weighted by molar-refractivity contribution is -0.137. The standard InChI is InChI=1S/C17H19FN2O3/c18-14-6-4-13(5-7-14)16-10-15(19-23-16)11-22-12-17(21)20-8-2-1-3-9-20/h4-7,10H,1-3,8-9,11-12H2. The Balaban J connectivity index is 1.49. The quantitative estimate of drug-likeness (QED) is 0.850. The van der Waals surface area contributed by atoms with Crippen LogP contribution in [-0.2, 0) is 16.1 Å². The highest BCUT2D eigenvalue weighted by atomic mass is 19.1. The first-order valence-electron chi connectivity index (χ1n) is 7.79. The minimum atomic E-state index is -0.298. The van der Waals surface area contributed by atoms with Crippen LogP contribution in [0, 0.1) is 5.82 Å². The van der Waals surface area contributed by atoms with E-state index in [0.29, 0.717) is 11.5 Å². The molecule has 0 aliphatic carbocycles. The van der Waals surface area contributed by atoms with Crippen LogP contribution in [0.1, 0.15) is 25.0 Å². The molecule has 0 bridgehead atoms. The molecule has 3 rings (SSSR count). The Bertz CT molecular complexity index is 648. The Morgan fingerprint density at radius 1 is 1.22 bits per heavy atom. The van der Waals surface area contributed by atoms with Gasteiger partial charge in [0.15, 0.2) is 5.76 Å². The highest BCUT2D eigenvalue weighted by Crippen LogP contribution is 2.20. The van der Waals surface area contributed by atoms with Crippen molar-refractivity contribution in [3.63, 3.8) is 0 Å². The van der Waals surface area contributed by atoms with Gasteiger partial charge in [-0.15, -0.1) is 0 Å². The van der Waals surface area contributed by atoms with Crippen LogP contribution in [0.2, 0.25) is 0 Å². The molecule has 1 aliphatic rings. The molecule has 23 heavy (non-hydrogen) atoms. The van der Waals surface area contributed by atoms with E-state index in [-0.39, 0.29) is 24.9 Å². The van der Waals surface area contributed by atoms with Gasteiger partial charge in [-0.25, -0.2) is 4.39 Å². The number of amides is 1. The number of piperidine rings is 1. The van der Waals surface area contributed by atoms with E-state index in [0.717, 1.165) is 31.5 Å². The first-order valence-corrected chi connectivity index (χ1v) is 7.79. The molecule has 1 amide bonds. The third kappa shape index (κ3) is 4.16. The van der Waals surface area contributed by atoms with Gasteiger partial charge in [-0.1, -0.05) is 5.16 Å². The molecule has 1 aromatic heterocycles. The summed E-state index contributed by atoms with van der Waals surface area (Å²) in [5.74, 6) is 0.269. The van der Waals surface area contributed by atoms with Crippen molar-refractivity contribution in [2.24, 2.45) is 0 Å². The normalized spacial score (nSPS) is 14.9. The number of carbonyl (C=O) groups is 1. The molecule has 0 unspecified atom stereocenters. The van der Waals surface area contributed by atoms with Gasteiger partial charge >= 0.3 is 0 Å². The predicted octanol–water partition coefficient (Wildman–Crippen LogP) is 3.01. The fourth-order valence-electron chi connectivity index (χ4n) is 2.61. The Morgan fingerprint density at radius 2 is 1.96 bits per heavy atom. The minimum Gasteiger partial charge on any atom is -0.365 e. The lowest BCUT2D eigenvalue weighted by Gasteiger charge is -2.26. The second kappa shape index (κ2) is 7.37. The number of carbonyl (C=O) groups excluding carboxylic acids is 1. The molecule has 0 spiro atoms. The number of hydrogen-bond donors (Lipinski definition) is 0. The van der Waals surface area contributed by atoms with Crippen molar-refractivity contribution in [2.45, 2.75) is 25.9 Å². The highest BCUT2D eigenvalue weighted by molar-refractivity contribution is 5.77. The van der Waals surface area contributed by atoms with Gasteiger partial charge in [0.05, 0.1) is 6.61 Å². The van der Waals surface area contributed by atoms with E-state index in [9.17, 15) is 9.18 Å². The summed E-state index contributed by atoms with van der Waals surface area (Å²) in [6, 6.07) is 7.72. The fourth-order valence-corrected chi connectivity index (χ4v) is 2.61. The summed E-state index contributed by atoms with van der Waals surface area (Å²) in [6.45, 7) is 1.91. The first kappa shape index (κ1) is 15.7. The van der Waals surface area contributed by atoms with Gasteiger partial charge in [0.1, 0.15) is 18.1 Å². The van der Waals surface area contributed by atoms with E-state index in [1.54, 1.807) is 18.2 Å². The topological polar surface area (TPSA) is 55.6 Å². The van der Waals surface area contributed by atoms with E-state index in [1.807, 2.05) is 4.90 Å². The molecular weight excluding hydrogens is 299 g/mol. The van der Waals surface area contributed by atoms with Crippen LogP contribution in [0.15, 0.2) is 34.9 Å². The monoisotopic (exact) mass is 318 g/mol. The summed E-state index contributed by atoms with van der Waals surface area (Å²) in [6.07, 6.45) is 3.32. The lowest BCUT2D eigenvalue weighted by Crippen LogP contribution is -2.37. The molecular formula is C17H19FN2O3. The number of rotatable bonds is 5. The SMILES string of the molecule is O=C(COCc1cc(-c2ccc(F)cc2)on1)N1CCCCC1. The lowest BCUT2D eigenvalue weighted by atomic mass is 10.1. The van der Waals surface area contributed by atoms with Crippen molar-refractivity contribution < 1.29 is 18.4 Å². The molecule has 0 radical (unpaired) electrons. The van der Waals surface area contributed by atoms with Gasteiger partial charge in [-0.3, -0.25) is 4.79 Å². The van der Waals surface area contributed by atoms with Crippen LogP contribution in [0.5, 0.6) is 0 Å². The van der Waals surface area contributed by atoms with Gasteiger partial charge in [0, 0.05) is 24.7 Å². The average molecular weight is 318 g/mol. The second-order valence-corrected chi connectivity index (χ2v) is 5.62. The maximum absolute atomic E-state index is 12.9. The fraction of sp³-hybridized carbons (Fsp3) is 0.412. The molecule has 2 heterocycles. The highest BCUT2D eigenvalue weighted by Gasteiger charge is 2.16. The van der Waals surface area contributed by atoms with E-state index < -0.39 is 0 Å². The molecule has 5 nitrogen and oxygen atoms in total. The molecule has 1 fully saturated rings. The van der Waals surface area contributed by atoms with Crippen LogP contribution in [0.4, 0.5) is 4.39 Å². The van der Waals surface area contributed by atoms with E-state index in [4.69, 9.17) is 9.26 Å². The smallest absolute Gasteiger partial charge is 0.248 e. The number of likely N-dealkylation sites (tertiary alicyclic amines) is 1. The maximum Gasteiger partial charge on any atom is 0.248 e. The largest absolute Gasteiger partial charge is 0.365 e. The minimum absolute atomic E-state index is 0.0203. The summed E-state index contributed by atoms with van der Waals surface area (Å²) in [4.78, 5) is 13.8. The van der Waals surface area contributed by atoms with Gasteiger partial charge < -0.3 is 14.2 Å². The van der Waals surface area contributed by atoms with Gasteiger partial charge in [0.2, 0.25) is 5.91 Å². The Hall–Kier alpha value is -2.21. The number of aromatic nitrogens is 1. The van der Waals surface area contributed by atoms with Gasteiger partial charge in [-0.05, 0) is 43.5 Å². The summed E-state index contributed by atoms with van der Waals surface area (Å²) in [5.41, 5.74) is 1.35. The third-order valence-electron chi connectivity index (χ3n) is 3.87. The summed E-state index contributed by atoms with van der Waals surface area (Å²) < 4.78 is 23.5. The zero-order valence-electron chi connectivity index (χ0n) is 12.8. The Labute approximate surface area is 134 Å². The first-order chi connectivity index (χ1) is 11.2. The number of nitrogens with zero attached hydrogens (tertiary/aromatic N) is 2. The zero-order valence-corrected chi connectivity index (χ0v) is 12.8. The van der Waals surface area contributed by atoms with Crippen LogP contribution in [-0.4, -0.2) is 35.7 Å². The summed E-state index contributed by atoms with van der Waals surface area (Å²) in [7, 11) is 0. The van der Waals surface area contributed by atoms with Crippen molar-refractivity contribution in [3.8, 4) is 11.3 Å². The van der Waals surface area contributed by atoms with Crippen molar-refractivity contribution in [1.82, 2.24) is 10.1 Å². The van der Waals surface area contributed by atoms with Gasteiger partial charge in [-0.2, -0.15) is 0 Å². The Kier molecular flexibility index (Phi) is 5.02. The predicted molar refractivity (Wildman–Crippen MR) is 82.0 cm³/mol. The molecule has 0 N–H and O–H groups in total. The maximum atomic E-state index is 12.9. The molecule has 2 aromatic rings. The number of hydrogen-bond acceptors (Lipinski definition) is 4. The van der Waals surface area contributed by atoms with Crippen molar-refractivity contribution in [3.05, 3.63) is 41.8 Å². The third-order valence-corrected chi connectivity index (χ3v) is 3.87. The summed E-state index contributed by atoms with van der Waals surface area (Å²) >= 11 is 0. The molecule has 1 aliphatic heterocycles. The van der Waals surface area contributed by atoms with E-state index in [1.165, 1.54) is 18.6 Å². The molecule has 6 heteroatoms. The zero-order chi connectivity index (χ0) is 16.1. The van der Waals surface area contributed by atoms with Crippen molar-refractivity contribution in [2.75, 3.05) is 19.7 Å². The van der Waals surface area contributed by atoms with Crippen LogP contribution in [0.25, 0.3) is 11.3 Å². The molecule has 0 atom stereocenters. The Morgan fingerprint density at radius 3 is 2.70 bits per heavy atom. The summed E-state index contributed by atoms with van der Waals surface area (Å²) in [5, 5.41) is 3.91. The van der Waals surface area contributed by atoms with Crippen molar-refractivity contribution in [1.29, 1.82) is 0 Å². The molecule has 1 aromatic carbocycles. The van der Waals surface area contributed by atoms with Crippen LogP contribution in [0.3, 0.4) is 0 Å². The van der Waals surface area contributed by atoms with Crippen LogP contribution >= 0.6 is 0 Å². The number of benzene rings is 1.